The van der Waals surface area contributed by atoms with Crippen molar-refractivity contribution < 1.29 is 0 Å². The highest BCUT2D eigenvalue weighted by Crippen LogP contribution is 2.27. The smallest absolute Gasteiger partial charge is 0.254 e. The zero-order valence-electron chi connectivity index (χ0n) is 14.7. The van der Waals surface area contributed by atoms with Gasteiger partial charge in [-0.25, -0.2) is 9.67 Å². The number of thioether (sulfide) groups is 1. The summed E-state index contributed by atoms with van der Waals surface area (Å²) in [6, 6.07) is 1.96. The van der Waals surface area contributed by atoms with Gasteiger partial charge < -0.3 is 4.90 Å². The van der Waals surface area contributed by atoms with E-state index in [1.165, 1.54) is 23.5 Å². The van der Waals surface area contributed by atoms with Crippen molar-refractivity contribution in [3.05, 3.63) is 24.4 Å². The number of fused-ring (bicyclic) bond motifs is 1. The number of aryl methyl sites for hydroxylation is 1. The third-order valence-corrected chi connectivity index (χ3v) is 4.98. The van der Waals surface area contributed by atoms with Crippen LogP contribution in [0.4, 0.5) is 0 Å². The molecule has 0 aliphatic rings. The van der Waals surface area contributed by atoms with Gasteiger partial charge in [0.2, 0.25) is 10.3 Å². The van der Waals surface area contributed by atoms with Gasteiger partial charge >= 0.3 is 0 Å². The average Bonchev–Trinajstić information content (AvgIpc) is 3.17. The average molecular weight is 414 g/mol. The standard InChI is InChI=1S/C14H19N9S2.ClH/c1-5-8-24-13-16-12-15-10(2)9-11(23(12)18-13)25-14-17-19-20-22(14)7-6-21(3)4;/h5,9H,1,6-8H2,2-4H3;1H. The van der Waals surface area contributed by atoms with E-state index >= 15 is 0 Å². The molecule has 3 aromatic heterocycles. The first kappa shape index (κ1) is 20.6. The molecule has 12 heteroatoms. The van der Waals surface area contributed by atoms with Crippen LogP contribution in [0.1, 0.15) is 5.69 Å². The maximum absolute atomic E-state index is 4.53. The summed E-state index contributed by atoms with van der Waals surface area (Å²) in [5.41, 5.74) is 0.870. The van der Waals surface area contributed by atoms with Gasteiger partial charge in [0.1, 0.15) is 5.03 Å². The minimum absolute atomic E-state index is 0. The highest BCUT2D eigenvalue weighted by Gasteiger charge is 2.15. The number of halogens is 1. The summed E-state index contributed by atoms with van der Waals surface area (Å²) in [4.78, 5) is 11.0. The van der Waals surface area contributed by atoms with Crippen LogP contribution in [-0.2, 0) is 6.54 Å². The van der Waals surface area contributed by atoms with Crippen molar-refractivity contribution in [3.8, 4) is 0 Å². The number of hydrogen-bond acceptors (Lipinski definition) is 9. The van der Waals surface area contributed by atoms with E-state index in [1.807, 2.05) is 33.2 Å². The minimum atomic E-state index is 0. The first-order chi connectivity index (χ1) is 12.1. The van der Waals surface area contributed by atoms with Gasteiger partial charge in [0, 0.05) is 18.0 Å². The third-order valence-electron chi connectivity index (χ3n) is 3.17. The summed E-state index contributed by atoms with van der Waals surface area (Å²) >= 11 is 2.97. The molecule has 9 nitrogen and oxygen atoms in total. The van der Waals surface area contributed by atoms with Crippen LogP contribution in [0.25, 0.3) is 5.78 Å². The van der Waals surface area contributed by atoms with Crippen LogP contribution in [0.15, 0.2) is 34.1 Å². The molecule has 0 N–H and O–H groups in total. The second kappa shape index (κ2) is 9.31. The lowest BCUT2D eigenvalue weighted by atomic mass is 10.5. The molecule has 0 spiro atoms. The van der Waals surface area contributed by atoms with Crippen LogP contribution in [0.3, 0.4) is 0 Å². The summed E-state index contributed by atoms with van der Waals surface area (Å²) < 4.78 is 3.52. The summed E-state index contributed by atoms with van der Waals surface area (Å²) in [5, 5.41) is 18.8. The van der Waals surface area contributed by atoms with Crippen LogP contribution in [0, 0.1) is 6.92 Å². The van der Waals surface area contributed by atoms with Crippen molar-refractivity contribution in [3.63, 3.8) is 0 Å². The van der Waals surface area contributed by atoms with Crippen molar-refractivity contribution in [2.75, 3.05) is 26.4 Å². The van der Waals surface area contributed by atoms with Crippen molar-refractivity contribution in [1.82, 2.24) is 44.7 Å². The van der Waals surface area contributed by atoms with Crippen molar-refractivity contribution >= 4 is 41.7 Å². The fourth-order valence-corrected chi connectivity index (χ4v) is 3.49. The highest BCUT2D eigenvalue weighted by atomic mass is 35.5. The van der Waals surface area contributed by atoms with Gasteiger partial charge in [0.05, 0.1) is 6.54 Å². The Hall–Kier alpha value is -1.69. The van der Waals surface area contributed by atoms with Gasteiger partial charge in [0.25, 0.3) is 5.78 Å². The quantitative estimate of drug-likeness (QED) is 0.311. The Labute approximate surface area is 166 Å². The van der Waals surface area contributed by atoms with Gasteiger partial charge in [0.15, 0.2) is 0 Å². The lowest BCUT2D eigenvalue weighted by Gasteiger charge is -2.10. The molecule has 0 bridgehead atoms. The summed E-state index contributed by atoms with van der Waals surface area (Å²) in [5.74, 6) is 1.32. The fourth-order valence-electron chi connectivity index (χ4n) is 2.00. The number of tetrazole rings is 1. The molecule has 0 radical (unpaired) electrons. The van der Waals surface area contributed by atoms with E-state index in [1.54, 1.807) is 9.20 Å². The molecular formula is C14H20ClN9S2. The molecule has 140 valence electrons. The first-order valence-corrected chi connectivity index (χ1v) is 9.44. The van der Waals surface area contributed by atoms with E-state index < -0.39 is 0 Å². The fraction of sp³-hybridized carbons (Fsp3) is 0.429. The van der Waals surface area contributed by atoms with Gasteiger partial charge in [-0.3, -0.25) is 0 Å². The molecule has 0 unspecified atom stereocenters. The van der Waals surface area contributed by atoms with E-state index in [0.717, 1.165) is 23.0 Å². The minimum Gasteiger partial charge on any atom is -0.308 e. The van der Waals surface area contributed by atoms with E-state index in [0.29, 0.717) is 22.6 Å². The Kier molecular flexibility index (Phi) is 7.38. The zero-order chi connectivity index (χ0) is 17.8. The Morgan fingerprint density at radius 3 is 2.85 bits per heavy atom. The molecule has 0 aliphatic heterocycles. The molecule has 3 rings (SSSR count). The molecule has 0 aromatic carbocycles. The molecule has 0 saturated heterocycles. The van der Waals surface area contributed by atoms with Crippen molar-refractivity contribution in [2.24, 2.45) is 0 Å². The Morgan fingerprint density at radius 2 is 2.12 bits per heavy atom. The van der Waals surface area contributed by atoms with Crippen molar-refractivity contribution in [2.45, 2.75) is 28.8 Å². The molecule has 0 amide bonds. The number of rotatable bonds is 8. The Balaban J connectivity index is 0.00000243. The van der Waals surface area contributed by atoms with Crippen LogP contribution in [-0.4, -0.2) is 71.1 Å². The number of likely N-dealkylation sites (N-methyl/N-ethyl adjacent to an activating group) is 1. The first-order valence-electron chi connectivity index (χ1n) is 7.63. The molecule has 0 saturated carbocycles. The van der Waals surface area contributed by atoms with Gasteiger partial charge in [-0.1, -0.05) is 17.8 Å². The van der Waals surface area contributed by atoms with E-state index in [9.17, 15) is 0 Å². The SMILES string of the molecule is C=CCSc1nc2nc(C)cc(Sc3nnnn3CCN(C)C)n2n1.Cl. The van der Waals surface area contributed by atoms with Crippen LogP contribution in [0.5, 0.6) is 0 Å². The van der Waals surface area contributed by atoms with Crippen LogP contribution >= 0.6 is 35.9 Å². The molecule has 0 aliphatic carbocycles. The normalized spacial score (nSPS) is 11.1. The molecule has 26 heavy (non-hydrogen) atoms. The number of aromatic nitrogens is 8. The van der Waals surface area contributed by atoms with Crippen LogP contribution in [0.2, 0.25) is 0 Å². The zero-order valence-corrected chi connectivity index (χ0v) is 17.2. The van der Waals surface area contributed by atoms with E-state index in [4.69, 9.17) is 0 Å². The topological polar surface area (TPSA) is 89.9 Å². The second-order valence-corrected chi connectivity index (χ2v) is 7.51. The third kappa shape index (κ3) is 4.93. The van der Waals surface area contributed by atoms with Gasteiger partial charge in [-0.05, 0) is 49.3 Å². The lowest BCUT2D eigenvalue weighted by molar-refractivity contribution is 0.361. The van der Waals surface area contributed by atoms with E-state index in [2.05, 4.69) is 42.1 Å². The van der Waals surface area contributed by atoms with Crippen LogP contribution < -0.4 is 0 Å². The largest absolute Gasteiger partial charge is 0.308 e. The highest BCUT2D eigenvalue weighted by molar-refractivity contribution is 7.99. The predicted octanol–water partition coefficient (Wildman–Crippen LogP) is 1.83. The molecule has 3 heterocycles. The Morgan fingerprint density at radius 1 is 1.31 bits per heavy atom. The van der Waals surface area contributed by atoms with Crippen molar-refractivity contribution in [1.29, 1.82) is 0 Å². The molecular weight excluding hydrogens is 394 g/mol. The number of nitrogens with zero attached hydrogens (tertiary/aromatic N) is 9. The van der Waals surface area contributed by atoms with E-state index in [-0.39, 0.29) is 12.4 Å². The maximum Gasteiger partial charge on any atom is 0.254 e. The summed E-state index contributed by atoms with van der Waals surface area (Å²) in [6.45, 7) is 7.23. The van der Waals surface area contributed by atoms with Gasteiger partial charge in [-0.2, -0.15) is 9.50 Å². The second-order valence-electron chi connectivity index (χ2n) is 5.53. The summed E-state index contributed by atoms with van der Waals surface area (Å²) in [6.07, 6.45) is 1.82. The molecule has 0 atom stereocenters. The number of hydrogen-bond donors (Lipinski definition) is 0. The van der Waals surface area contributed by atoms with Gasteiger partial charge in [-0.15, -0.1) is 29.2 Å². The Bertz CT molecular complexity index is 877. The lowest BCUT2D eigenvalue weighted by Crippen LogP contribution is -2.19. The summed E-state index contributed by atoms with van der Waals surface area (Å²) in [7, 11) is 4.04. The molecule has 3 aromatic rings. The molecule has 0 fully saturated rings. The monoisotopic (exact) mass is 413 g/mol. The predicted molar refractivity (Wildman–Crippen MR) is 104 cm³/mol. The maximum atomic E-state index is 4.53.